The molecular weight excluding hydrogens is 404 g/mol. The number of amides is 3. The molecule has 0 radical (unpaired) electrons. The van der Waals surface area contributed by atoms with E-state index in [4.69, 9.17) is 0 Å². The van der Waals surface area contributed by atoms with Crippen LogP contribution in [0.2, 0.25) is 0 Å². The molecule has 0 saturated carbocycles. The first-order chi connectivity index (χ1) is 15.3. The highest BCUT2D eigenvalue weighted by Gasteiger charge is 2.40. The lowest BCUT2D eigenvalue weighted by molar-refractivity contribution is -0.117. The Hall–Kier alpha value is -3.71. The molecule has 2 aromatic rings. The van der Waals surface area contributed by atoms with Crippen LogP contribution < -0.4 is 16.0 Å². The van der Waals surface area contributed by atoms with E-state index in [0.29, 0.717) is 40.2 Å². The minimum absolute atomic E-state index is 0.149. The van der Waals surface area contributed by atoms with Crippen LogP contribution in [0.1, 0.15) is 33.5 Å². The van der Waals surface area contributed by atoms with Crippen molar-refractivity contribution in [2.24, 2.45) is 0 Å². The molecule has 0 saturated heterocycles. The fourth-order valence-corrected chi connectivity index (χ4v) is 3.82. The van der Waals surface area contributed by atoms with E-state index in [1.54, 1.807) is 24.3 Å². The molecule has 0 aromatic heterocycles. The summed E-state index contributed by atoms with van der Waals surface area (Å²) in [5.74, 6) is -0.775. The van der Waals surface area contributed by atoms with Gasteiger partial charge in [0.15, 0.2) is 0 Å². The van der Waals surface area contributed by atoms with Crippen molar-refractivity contribution in [3.05, 3.63) is 81.9 Å². The Morgan fingerprint density at radius 3 is 1.84 bits per heavy atom. The first-order valence-corrected chi connectivity index (χ1v) is 10.6. The molecule has 0 atom stereocenters. The second-order valence-corrected chi connectivity index (χ2v) is 8.26. The Labute approximate surface area is 187 Å². The second-order valence-electron chi connectivity index (χ2n) is 8.26. The zero-order valence-corrected chi connectivity index (χ0v) is 18.4. The summed E-state index contributed by atoms with van der Waals surface area (Å²) in [5, 5.41) is 8.58. The molecule has 32 heavy (non-hydrogen) atoms. The Balaban J connectivity index is 1.57. The van der Waals surface area contributed by atoms with Gasteiger partial charge in [-0.2, -0.15) is 0 Å². The average molecular weight is 431 g/mol. The van der Waals surface area contributed by atoms with Gasteiger partial charge in [0.1, 0.15) is 0 Å². The Morgan fingerprint density at radius 1 is 0.844 bits per heavy atom. The van der Waals surface area contributed by atoms with E-state index in [-0.39, 0.29) is 17.7 Å². The zero-order chi connectivity index (χ0) is 22.8. The van der Waals surface area contributed by atoms with E-state index in [9.17, 15) is 14.4 Å². The number of hydrogen-bond acceptors (Lipinski definition) is 4. The molecule has 3 N–H and O–H groups in total. The predicted octanol–water partition coefficient (Wildman–Crippen LogP) is 2.06. The summed E-state index contributed by atoms with van der Waals surface area (Å²) >= 11 is 0. The quantitative estimate of drug-likeness (QED) is 0.587. The van der Waals surface area contributed by atoms with Crippen LogP contribution in [-0.4, -0.2) is 49.8 Å². The van der Waals surface area contributed by atoms with Crippen molar-refractivity contribution in [1.29, 1.82) is 0 Å². The third-order valence-electron chi connectivity index (χ3n) is 5.52. The van der Waals surface area contributed by atoms with E-state index in [1.165, 1.54) is 0 Å². The van der Waals surface area contributed by atoms with Crippen LogP contribution in [0.5, 0.6) is 0 Å². The summed E-state index contributed by atoms with van der Waals surface area (Å²) in [6, 6.07) is 14.5. The minimum atomic E-state index is -0.313. The molecule has 0 unspecified atom stereocenters. The van der Waals surface area contributed by atoms with E-state index >= 15 is 0 Å². The first kappa shape index (κ1) is 21.5. The van der Waals surface area contributed by atoms with Crippen LogP contribution >= 0.6 is 0 Å². The van der Waals surface area contributed by atoms with Crippen LogP contribution in [0.4, 0.5) is 0 Å². The number of aryl methyl sites for hydroxylation is 1. The monoisotopic (exact) mass is 430 g/mol. The Kier molecular flexibility index (Phi) is 5.92. The van der Waals surface area contributed by atoms with Crippen LogP contribution in [0.15, 0.2) is 59.7 Å². The van der Waals surface area contributed by atoms with Gasteiger partial charge in [-0.25, -0.2) is 0 Å². The van der Waals surface area contributed by atoms with Gasteiger partial charge in [0.2, 0.25) is 0 Å². The summed E-state index contributed by atoms with van der Waals surface area (Å²) in [4.78, 5) is 39.9. The number of benzene rings is 2. The van der Waals surface area contributed by atoms with E-state index < -0.39 is 0 Å². The highest BCUT2D eigenvalue weighted by Crippen LogP contribution is 2.37. The zero-order valence-electron chi connectivity index (χ0n) is 18.4. The maximum atomic E-state index is 12.7. The van der Waals surface area contributed by atoms with Crippen molar-refractivity contribution in [3.63, 3.8) is 0 Å². The molecule has 7 nitrogen and oxygen atoms in total. The molecule has 2 aromatic carbocycles. The standard InChI is InChI=1S/C25H26N4O3/c1-15-5-7-16(8-6-15)21-19-20(25(32)27-21)22(28-24(19)31)17-9-11-18(12-10-17)23(30)26-13-4-14-29(2)3/h5-12H,4,13-14H2,1-3H3,(H,26,30)(H,27,32)(H,28,31). The number of carbonyl (C=O) groups excluding carboxylic acids is 3. The molecule has 2 heterocycles. The molecule has 3 amide bonds. The largest absolute Gasteiger partial charge is 0.352 e. The molecule has 164 valence electrons. The van der Waals surface area contributed by atoms with Crippen LogP contribution in [0.3, 0.4) is 0 Å². The van der Waals surface area contributed by atoms with E-state index in [0.717, 1.165) is 24.1 Å². The fraction of sp³-hybridized carbons (Fsp3) is 0.240. The van der Waals surface area contributed by atoms with Crippen LogP contribution in [0.25, 0.3) is 11.4 Å². The van der Waals surface area contributed by atoms with E-state index in [2.05, 4.69) is 20.9 Å². The smallest absolute Gasteiger partial charge is 0.258 e. The lowest BCUT2D eigenvalue weighted by Crippen LogP contribution is -2.27. The molecule has 0 aliphatic carbocycles. The normalized spacial score (nSPS) is 15.2. The second kappa shape index (κ2) is 8.80. The summed E-state index contributed by atoms with van der Waals surface area (Å²) in [6.07, 6.45) is 0.868. The number of fused-ring (bicyclic) bond motifs is 1. The maximum absolute atomic E-state index is 12.7. The van der Waals surface area contributed by atoms with Crippen molar-refractivity contribution < 1.29 is 14.4 Å². The first-order valence-electron chi connectivity index (χ1n) is 10.6. The fourth-order valence-electron chi connectivity index (χ4n) is 3.82. The van der Waals surface area contributed by atoms with Crippen molar-refractivity contribution in [2.75, 3.05) is 27.2 Å². The highest BCUT2D eigenvalue weighted by atomic mass is 16.2. The van der Waals surface area contributed by atoms with Gasteiger partial charge < -0.3 is 20.9 Å². The SMILES string of the molecule is Cc1ccc(C2=C3C(=O)NC(c4ccc(C(=O)NCCCN(C)C)cc4)=C3C(=O)N2)cc1. The third-order valence-corrected chi connectivity index (χ3v) is 5.52. The molecule has 0 fully saturated rings. The molecule has 2 aliphatic rings. The highest BCUT2D eigenvalue weighted by molar-refractivity contribution is 6.30. The summed E-state index contributed by atoms with van der Waals surface area (Å²) in [7, 11) is 3.99. The van der Waals surface area contributed by atoms with Crippen molar-refractivity contribution in [1.82, 2.24) is 20.9 Å². The van der Waals surface area contributed by atoms with Gasteiger partial charge in [0, 0.05) is 12.1 Å². The van der Waals surface area contributed by atoms with Gasteiger partial charge in [0.25, 0.3) is 17.7 Å². The molecule has 0 spiro atoms. The lowest BCUT2D eigenvalue weighted by atomic mass is 10.0. The lowest BCUT2D eigenvalue weighted by Gasteiger charge is -2.10. The minimum Gasteiger partial charge on any atom is -0.352 e. The number of nitrogens with zero attached hydrogens (tertiary/aromatic N) is 1. The average Bonchev–Trinajstić information content (AvgIpc) is 3.30. The number of hydrogen-bond donors (Lipinski definition) is 3. The Bertz CT molecular complexity index is 1140. The third kappa shape index (κ3) is 4.20. The molecule has 4 rings (SSSR count). The van der Waals surface area contributed by atoms with Crippen molar-refractivity contribution in [2.45, 2.75) is 13.3 Å². The van der Waals surface area contributed by atoms with Crippen LogP contribution in [0, 0.1) is 6.92 Å². The van der Waals surface area contributed by atoms with Crippen molar-refractivity contribution in [3.8, 4) is 0 Å². The van der Waals surface area contributed by atoms with Gasteiger partial charge >= 0.3 is 0 Å². The predicted molar refractivity (Wildman–Crippen MR) is 123 cm³/mol. The Morgan fingerprint density at radius 2 is 1.34 bits per heavy atom. The molecule has 7 heteroatoms. The van der Waals surface area contributed by atoms with Gasteiger partial charge in [-0.3, -0.25) is 14.4 Å². The number of carbonyl (C=O) groups is 3. The summed E-state index contributed by atoms with van der Waals surface area (Å²) in [6.45, 7) is 3.48. The topological polar surface area (TPSA) is 90.5 Å². The van der Waals surface area contributed by atoms with Gasteiger partial charge in [0.05, 0.1) is 22.5 Å². The molecule has 2 aliphatic heterocycles. The van der Waals surface area contributed by atoms with Gasteiger partial charge in [-0.1, -0.05) is 42.0 Å². The summed E-state index contributed by atoms with van der Waals surface area (Å²) in [5.41, 5.74) is 4.76. The summed E-state index contributed by atoms with van der Waals surface area (Å²) < 4.78 is 0. The number of nitrogens with one attached hydrogen (secondary N) is 3. The maximum Gasteiger partial charge on any atom is 0.258 e. The van der Waals surface area contributed by atoms with Crippen LogP contribution in [-0.2, 0) is 9.59 Å². The van der Waals surface area contributed by atoms with E-state index in [1.807, 2.05) is 45.3 Å². The van der Waals surface area contributed by atoms with Gasteiger partial charge in [-0.15, -0.1) is 0 Å². The van der Waals surface area contributed by atoms with Gasteiger partial charge in [-0.05, 0) is 57.2 Å². The molecule has 0 bridgehead atoms. The van der Waals surface area contributed by atoms with Crippen molar-refractivity contribution >= 4 is 29.1 Å². The molecular formula is C25H26N4O3. The number of rotatable bonds is 7.